The van der Waals surface area contributed by atoms with Crippen LogP contribution in [0.25, 0.3) is 0 Å². The maximum absolute atomic E-state index is 11.5. The number of sulfone groups is 1. The van der Waals surface area contributed by atoms with E-state index in [1.807, 2.05) is 19.1 Å². The first-order valence-corrected chi connectivity index (χ1v) is 11.1. The van der Waals surface area contributed by atoms with Crippen molar-refractivity contribution in [3.05, 3.63) is 33.8 Å². The van der Waals surface area contributed by atoms with Crippen LogP contribution in [0, 0.1) is 5.92 Å². The predicted octanol–water partition coefficient (Wildman–Crippen LogP) is 3.53. The van der Waals surface area contributed by atoms with Crippen molar-refractivity contribution in [3.63, 3.8) is 0 Å². The van der Waals surface area contributed by atoms with Gasteiger partial charge >= 0.3 is 0 Å². The summed E-state index contributed by atoms with van der Waals surface area (Å²) in [7, 11) is -2.85. The second-order valence-corrected chi connectivity index (χ2v) is 9.33. The monoisotopic (exact) mass is 533 g/mol. The van der Waals surface area contributed by atoms with Gasteiger partial charge in [0, 0.05) is 29.7 Å². The van der Waals surface area contributed by atoms with Crippen LogP contribution in [0.2, 0.25) is 10.0 Å². The van der Waals surface area contributed by atoms with E-state index in [2.05, 4.69) is 15.6 Å². The quantitative estimate of drug-likeness (QED) is 0.243. The lowest BCUT2D eigenvalue weighted by Crippen LogP contribution is -2.38. The highest BCUT2D eigenvalue weighted by Gasteiger charge is 2.27. The molecular weight excluding hydrogens is 508 g/mol. The molecule has 2 rings (SSSR count). The summed E-state index contributed by atoms with van der Waals surface area (Å²) in [6.45, 7) is 4.06. The van der Waals surface area contributed by atoms with E-state index in [0.717, 1.165) is 37.5 Å². The molecule has 2 N–H and O–H groups in total. The summed E-state index contributed by atoms with van der Waals surface area (Å²) in [6, 6.07) is 5.55. The van der Waals surface area contributed by atoms with Gasteiger partial charge in [-0.1, -0.05) is 29.3 Å². The van der Waals surface area contributed by atoms with E-state index < -0.39 is 9.84 Å². The van der Waals surface area contributed by atoms with Gasteiger partial charge in [0.2, 0.25) is 0 Å². The minimum atomic E-state index is -2.85. The van der Waals surface area contributed by atoms with Crippen LogP contribution < -0.4 is 10.6 Å². The van der Waals surface area contributed by atoms with Gasteiger partial charge in [-0.15, -0.1) is 24.0 Å². The van der Waals surface area contributed by atoms with Crippen molar-refractivity contribution in [1.82, 2.24) is 10.6 Å². The number of hydrogen-bond acceptors (Lipinski definition) is 3. The summed E-state index contributed by atoms with van der Waals surface area (Å²) in [5.74, 6) is 1.41. The Kier molecular flexibility index (Phi) is 10.6. The summed E-state index contributed by atoms with van der Waals surface area (Å²) < 4.78 is 23.0. The summed E-state index contributed by atoms with van der Waals surface area (Å²) in [6.07, 6.45) is 2.47. The fraction of sp³-hybridized carbons (Fsp3) is 0.588. The van der Waals surface area contributed by atoms with E-state index in [0.29, 0.717) is 28.8 Å². The highest BCUT2D eigenvalue weighted by molar-refractivity contribution is 14.0. The van der Waals surface area contributed by atoms with Crippen LogP contribution in [0.1, 0.15) is 25.3 Å². The normalized spacial score (nSPS) is 19.0. The number of nitrogens with zero attached hydrogens (tertiary/aromatic N) is 1. The molecule has 5 nitrogen and oxygen atoms in total. The Balaban J connectivity index is 0.00000338. The van der Waals surface area contributed by atoms with Crippen LogP contribution in [-0.2, 0) is 16.3 Å². The van der Waals surface area contributed by atoms with Crippen molar-refractivity contribution in [2.24, 2.45) is 10.9 Å². The van der Waals surface area contributed by atoms with Crippen LogP contribution in [-0.4, -0.2) is 45.5 Å². The molecule has 1 aromatic carbocycles. The van der Waals surface area contributed by atoms with E-state index in [1.54, 1.807) is 6.07 Å². The fourth-order valence-corrected chi connectivity index (χ4v) is 5.14. The average molecular weight is 534 g/mol. The van der Waals surface area contributed by atoms with Crippen molar-refractivity contribution in [2.75, 3.05) is 31.1 Å². The van der Waals surface area contributed by atoms with Crippen LogP contribution >= 0.6 is 47.2 Å². The summed E-state index contributed by atoms with van der Waals surface area (Å²) in [5.41, 5.74) is 1.07. The minimum Gasteiger partial charge on any atom is -0.357 e. The molecule has 1 saturated heterocycles. The van der Waals surface area contributed by atoms with E-state index in [4.69, 9.17) is 23.2 Å². The second kappa shape index (κ2) is 11.6. The number of aryl methyl sites for hydroxylation is 1. The molecule has 0 aromatic heterocycles. The Morgan fingerprint density at radius 1 is 1.31 bits per heavy atom. The smallest absolute Gasteiger partial charge is 0.191 e. The van der Waals surface area contributed by atoms with E-state index >= 15 is 0 Å². The molecule has 1 aliphatic rings. The SMILES string of the molecule is CCNC(=NCC1CCS(=O)(=O)C1)NCCCc1ccc(Cl)cc1Cl.I. The van der Waals surface area contributed by atoms with Crippen molar-refractivity contribution in [3.8, 4) is 0 Å². The molecule has 0 spiro atoms. The number of guanidine groups is 1. The predicted molar refractivity (Wildman–Crippen MR) is 121 cm³/mol. The number of hydrogen-bond donors (Lipinski definition) is 2. The zero-order valence-electron chi connectivity index (χ0n) is 14.8. The molecule has 1 aromatic rings. The molecule has 1 atom stereocenters. The number of benzene rings is 1. The third-order valence-electron chi connectivity index (χ3n) is 4.11. The summed E-state index contributed by atoms with van der Waals surface area (Å²) in [4.78, 5) is 4.52. The van der Waals surface area contributed by atoms with Gasteiger partial charge in [-0.3, -0.25) is 4.99 Å². The Bertz CT molecular complexity index is 714. The van der Waals surface area contributed by atoms with E-state index in [1.165, 1.54) is 0 Å². The zero-order valence-corrected chi connectivity index (χ0v) is 19.5. The van der Waals surface area contributed by atoms with Gasteiger partial charge in [-0.25, -0.2) is 8.42 Å². The second-order valence-electron chi connectivity index (χ2n) is 6.25. The topological polar surface area (TPSA) is 70.6 Å². The van der Waals surface area contributed by atoms with Crippen LogP contribution in [0.5, 0.6) is 0 Å². The maximum atomic E-state index is 11.5. The van der Waals surface area contributed by atoms with Crippen molar-refractivity contribution < 1.29 is 8.42 Å². The van der Waals surface area contributed by atoms with Gasteiger partial charge in [0.05, 0.1) is 11.5 Å². The third kappa shape index (κ3) is 8.19. The highest BCUT2D eigenvalue weighted by atomic mass is 127. The number of nitrogens with one attached hydrogen (secondary N) is 2. The zero-order chi connectivity index (χ0) is 18.3. The lowest BCUT2D eigenvalue weighted by atomic mass is 10.1. The van der Waals surface area contributed by atoms with Gasteiger partial charge in [-0.05, 0) is 49.8 Å². The molecule has 1 aliphatic heterocycles. The number of rotatable bonds is 7. The third-order valence-corrected chi connectivity index (χ3v) is 6.53. The van der Waals surface area contributed by atoms with Gasteiger partial charge in [0.1, 0.15) is 0 Å². The summed E-state index contributed by atoms with van der Waals surface area (Å²) in [5, 5.41) is 7.81. The molecule has 1 unspecified atom stereocenters. The molecule has 0 aliphatic carbocycles. The Morgan fingerprint density at radius 3 is 2.69 bits per heavy atom. The maximum Gasteiger partial charge on any atom is 0.191 e. The van der Waals surface area contributed by atoms with E-state index in [9.17, 15) is 8.42 Å². The molecule has 0 radical (unpaired) electrons. The fourth-order valence-electron chi connectivity index (χ4n) is 2.79. The van der Waals surface area contributed by atoms with Gasteiger partial charge in [0.25, 0.3) is 0 Å². The highest BCUT2D eigenvalue weighted by Crippen LogP contribution is 2.22. The van der Waals surface area contributed by atoms with Crippen LogP contribution in [0.15, 0.2) is 23.2 Å². The molecule has 0 amide bonds. The molecule has 0 bridgehead atoms. The van der Waals surface area contributed by atoms with Crippen LogP contribution in [0.3, 0.4) is 0 Å². The molecule has 1 fully saturated rings. The molecule has 26 heavy (non-hydrogen) atoms. The molecule has 148 valence electrons. The number of halogens is 3. The number of aliphatic imine (C=N–C) groups is 1. The largest absolute Gasteiger partial charge is 0.357 e. The Hall–Kier alpha value is -0.250. The van der Waals surface area contributed by atoms with Gasteiger partial charge in [0.15, 0.2) is 15.8 Å². The molecular formula is C17H26Cl2IN3O2S. The minimum absolute atomic E-state index is 0. The first-order chi connectivity index (χ1) is 11.9. The standard InChI is InChI=1S/C17H25Cl2N3O2S.HI/c1-2-20-17(22-11-13-7-9-25(23,24)12-13)21-8-3-4-14-5-6-15(18)10-16(14)19;/h5-6,10,13H,2-4,7-9,11-12H2,1H3,(H2,20,21,22);1H. The van der Waals surface area contributed by atoms with Crippen molar-refractivity contribution in [2.45, 2.75) is 26.2 Å². The van der Waals surface area contributed by atoms with Gasteiger partial charge in [-0.2, -0.15) is 0 Å². The average Bonchev–Trinajstić information content (AvgIpc) is 2.90. The van der Waals surface area contributed by atoms with E-state index in [-0.39, 0.29) is 35.6 Å². The molecule has 0 saturated carbocycles. The lowest BCUT2D eigenvalue weighted by molar-refractivity contribution is 0.589. The van der Waals surface area contributed by atoms with Crippen molar-refractivity contribution >= 4 is 63.0 Å². The first-order valence-electron chi connectivity index (χ1n) is 8.56. The van der Waals surface area contributed by atoms with Crippen LogP contribution in [0.4, 0.5) is 0 Å². The van der Waals surface area contributed by atoms with Gasteiger partial charge < -0.3 is 10.6 Å². The first kappa shape index (κ1) is 23.8. The molecule has 9 heteroatoms. The Labute approximate surface area is 183 Å². The summed E-state index contributed by atoms with van der Waals surface area (Å²) >= 11 is 12.1. The molecule has 1 heterocycles. The lowest BCUT2D eigenvalue weighted by Gasteiger charge is -2.13. The van der Waals surface area contributed by atoms with Crippen molar-refractivity contribution in [1.29, 1.82) is 0 Å². The Morgan fingerprint density at radius 2 is 2.08 bits per heavy atom.